The number of methoxy groups -OCH3 is 1. The summed E-state index contributed by atoms with van der Waals surface area (Å²) in [6, 6.07) is -0.563. The Morgan fingerprint density at radius 3 is 2.50 bits per heavy atom. The van der Waals surface area contributed by atoms with Crippen molar-refractivity contribution in [3.63, 3.8) is 0 Å². The van der Waals surface area contributed by atoms with Crippen molar-refractivity contribution in [1.82, 2.24) is 19.4 Å². The minimum absolute atomic E-state index is 0.0245. The number of rotatable bonds is 10. The van der Waals surface area contributed by atoms with Crippen LogP contribution in [-0.4, -0.2) is 106 Å². The summed E-state index contributed by atoms with van der Waals surface area (Å²) in [6.45, 7) is 6.07. The first-order valence-corrected chi connectivity index (χ1v) is 11.8. The van der Waals surface area contributed by atoms with E-state index in [1.165, 1.54) is 4.31 Å². The number of sulfonamides is 1. The van der Waals surface area contributed by atoms with Gasteiger partial charge in [0.15, 0.2) is 0 Å². The minimum Gasteiger partial charge on any atom is -0.385 e. The average Bonchev–Trinajstić information content (AvgIpc) is 3.16. The van der Waals surface area contributed by atoms with Gasteiger partial charge in [0.1, 0.15) is 6.04 Å². The van der Waals surface area contributed by atoms with Crippen molar-refractivity contribution in [2.24, 2.45) is 0 Å². The molecule has 2 saturated heterocycles. The summed E-state index contributed by atoms with van der Waals surface area (Å²) >= 11 is 0. The predicted molar refractivity (Wildman–Crippen MR) is 106 cm³/mol. The van der Waals surface area contributed by atoms with Crippen LogP contribution in [0.4, 0.5) is 0 Å². The Morgan fingerprint density at radius 1 is 1.14 bits per heavy atom. The predicted octanol–water partition coefficient (Wildman–Crippen LogP) is -0.512. The van der Waals surface area contributed by atoms with Gasteiger partial charge >= 0.3 is 0 Å². The second kappa shape index (κ2) is 11.1. The van der Waals surface area contributed by atoms with E-state index in [2.05, 4.69) is 5.32 Å². The molecule has 0 spiro atoms. The molecule has 0 radical (unpaired) electrons. The molecule has 2 aliphatic heterocycles. The van der Waals surface area contributed by atoms with Gasteiger partial charge in [0.05, 0.1) is 12.3 Å². The van der Waals surface area contributed by atoms with E-state index in [0.29, 0.717) is 65.3 Å². The van der Waals surface area contributed by atoms with E-state index in [0.717, 1.165) is 12.8 Å². The third-order valence-corrected chi connectivity index (χ3v) is 7.28. The van der Waals surface area contributed by atoms with Crippen molar-refractivity contribution in [1.29, 1.82) is 0 Å². The lowest BCUT2D eigenvalue weighted by molar-refractivity contribution is -0.136. The highest BCUT2D eigenvalue weighted by Crippen LogP contribution is 2.24. The van der Waals surface area contributed by atoms with Gasteiger partial charge in [0.2, 0.25) is 21.8 Å². The number of piperazine rings is 1. The molecule has 162 valence electrons. The Bertz CT molecular complexity index is 619. The fourth-order valence-corrected chi connectivity index (χ4v) is 5.48. The van der Waals surface area contributed by atoms with Crippen LogP contribution in [0.2, 0.25) is 0 Å². The molecular weight excluding hydrogens is 384 g/mol. The fraction of sp³-hybridized carbons (Fsp3) is 0.889. The molecule has 0 bridgehead atoms. The van der Waals surface area contributed by atoms with Crippen LogP contribution in [-0.2, 0) is 24.3 Å². The van der Waals surface area contributed by atoms with Gasteiger partial charge < -0.3 is 15.0 Å². The molecule has 1 unspecified atom stereocenters. The maximum Gasteiger partial charge on any atom is 0.241 e. The largest absolute Gasteiger partial charge is 0.385 e. The zero-order valence-corrected chi connectivity index (χ0v) is 17.9. The SMILES string of the molecule is CCCS(=O)(=O)N1CCCC1C(=O)N1CCN(CC(=O)NCCCOC)CC1. The van der Waals surface area contributed by atoms with E-state index in [1.54, 1.807) is 12.0 Å². The average molecular weight is 419 g/mol. The number of nitrogens with zero attached hydrogens (tertiary/aromatic N) is 3. The minimum atomic E-state index is -3.37. The Morgan fingerprint density at radius 2 is 1.86 bits per heavy atom. The van der Waals surface area contributed by atoms with Crippen molar-refractivity contribution in [2.45, 2.75) is 38.6 Å². The third-order valence-electron chi connectivity index (χ3n) is 5.21. The number of hydrogen-bond acceptors (Lipinski definition) is 6. The van der Waals surface area contributed by atoms with Crippen LogP contribution in [0, 0.1) is 0 Å². The molecule has 1 N–H and O–H groups in total. The highest BCUT2D eigenvalue weighted by atomic mass is 32.2. The highest BCUT2D eigenvalue weighted by molar-refractivity contribution is 7.89. The van der Waals surface area contributed by atoms with Crippen LogP contribution in [0.15, 0.2) is 0 Å². The molecule has 9 nitrogen and oxygen atoms in total. The van der Waals surface area contributed by atoms with Crippen molar-refractivity contribution >= 4 is 21.8 Å². The Balaban J connectivity index is 1.79. The Hall–Kier alpha value is -1.23. The van der Waals surface area contributed by atoms with Gasteiger partial charge in [0.25, 0.3) is 0 Å². The van der Waals surface area contributed by atoms with Gasteiger partial charge in [-0.15, -0.1) is 0 Å². The molecule has 10 heteroatoms. The highest BCUT2D eigenvalue weighted by Gasteiger charge is 2.40. The molecule has 2 fully saturated rings. The van der Waals surface area contributed by atoms with Crippen LogP contribution >= 0.6 is 0 Å². The number of carbonyl (C=O) groups is 2. The van der Waals surface area contributed by atoms with Gasteiger partial charge in [-0.3, -0.25) is 14.5 Å². The maximum absolute atomic E-state index is 12.9. The van der Waals surface area contributed by atoms with E-state index in [9.17, 15) is 18.0 Å². The number of nitrogens with one attached hydrogen (secondary N) is 1. The molecule has 2 amide bonds. The van der Waals surface area contributed by atoms with Crippen molar-refractivity contribution in [3.05, 3.63) is 0 Å². The topological polar surface area (TPSA) is 99.3 Å². The summed E-state index contributed by atoms with van der Waals surface area (Å²) in [6.07, 6.45) is 2.64. The molecule has 2 rings (SSSR count). The summed E-state index contributed by atoms with van der Waals surface area (Å²) < 4.78 is 31.2. The Labute approximate surface area is 168 Å². The summed E-state index contributed by atoms with van der Waals surface area (Å²) in [5.74, 6) is -0.0336. The molecule has 2 heterocycles. The monoisotopic (exact) mass is 418 g/mol. The lowest BCUT2D eigenvalue weighted by Crippen LogP contribution is -2.55. The fourth-order valence-electron chi connectivity index (χ4n) is 3.74. The molecule has 28 heavy (non-hydrogen) atoms. The van der Waals surface area contributed by atoms with E-state index in [1.807, 2.05) is 11.8 Å². The summed E-state index contributed by atoms with van der Waals surface area (Å²) in [7, 11) is -1.74. The molecule has 2 aliphatic rings. The van der Waals surface area contributed by atoms with Crippen molar-refractivity contribution in [3.8, 4) is 0 Å². The maximum atomic E-state index is 12.9. The quantitative estimate of drug-likeness (QED) is 0.480. The summed E-state index contributed by atoms with van der Waals surface area (Å²) in [4.78, 5) is 28.6. The number of carbonyl (C=O) groups excluding carboxylic acids is 2. The number of amides is 2. The van der Waals surface area contributed by atoms with Crippen LogP contribution in [0.25, 0.3) is 0 Å². The molecular formula is C18H34N4O5S. The van der Waals surface area contributed by atoms with Crippen LogP contribution in [0.3, 0.4) is 0 Å². The third kappa shape index (κ3) is 6.40. The van der Waals surface area contributed by atoms with E-state index < -0.39 is 16.1 Å². The van der Waals surface area contributed by atoms with Crippen LogP contribution in [0.1, 0.15) is 32.6 Å². The normalized spacial score (nSPS) is 21.8. The molecule has 0 aromatic rings. The van der Waals surface area contributed by atoms with Gasteiger partial charge in [0, 0.05) is 53.0 Å². The second-order valence-corrected chi connectivity index (χ2v) is 9.42. The van der Waals surface area contributed by atoms with Crippen LogP contribution < -0.4 is 5.32 Å². The number of ether oxygens (including phenoxy) is 1. The van der Waals surface area contributed by atoms with E-state index in [-0.39, 0.29) is 17.6 Å². The van der Waals surface area contributed by atoms with Gasteiger partial charge in [-0.1, -0.05) is 6.92 Å². The molecule has 0 aliphatic carbocycles. The summed E-state index contributed by atoms with van der Waals surface area (Å²) in [5.41, 5.74) is 0. The molecule has 0 aromatic carbocycles. The lowest BCUT2D eigenvalue weighted by atomic mass is 10.2. The van der Waals surface area contributed by atoms with E-state index in [4.69, 9.17) is 4.74 Å². The van der Waals surface area contributed by atoms with Gasteiger partial charge in [-0.2, -0.15) is 4.31 Å². The molecule has 0 aromatic heterocycles. The second-order valence-electron chi connectivity index (χ2n) is 7.38. The van der Waals surface area contributed by atoms with Crippen LogP contribution in [0.5, 0.6) is 0 Å². The van der Waals surface area contributed by atoms with Crippen molar-refractivity contribution < 1.29 is 22.7 Å². The van der Waals surface area contributed by atoms with Crippen molar-refractivity contribution in [2.75, 3.05) is 65.3 Å². The number of hydrogen-bond donors (Lipinski definition) is 1. The lowest BCUT2D eigenvalue weighted by Gasteiger charge is -2.36. The standard InChI is InChI=1S/C18H34N4O5S/c1-3-14-28(25,26)22-8-4-6-16(22)18(24)21-11-9-20(10-12-21)15-17(23)19-7-5-13-27-2/h16H,3-15H2,1-2H3,(H,19,23). The first kappa shape index (κ1) is 23.1. The van der Waals surface area contributed by atoms with Gasteiger partial charge in [-0.05, 0) is 25.7 Å². The zero-order valence-electron chi connectivity index (χ0n) is 17.1. The summed E-state index contributed by atoms with van der Waals surface area (Å²) in [5, 5.41) is 2.86. The first-order valence-electron chi connectivity index (χ1n) is 10.2. The molecule has 1 atom stereocenters. The zero-order chi connectivity index (χ0) is 20.6. The smallest absolute Gasteiger partial charge is 0.241 e. The Kier molecular flexibility index (Phi) is 9.13. The van der Waals surface area contributed by atoms with E-state index >= 15 is 0 Å². The first-order chi connectivity index (χ1) is 13.4. The molecule has 0 saturated carbocycles. The van der Waals surface area contributed by atoms with Gasteiger partial charge in [-0.25, -0.2) is 8.42 Å².